The van der Waals surface area contributed by atoms with Crippen molar-refractivity contribution in [2.24, 2.45) is 5.92 Å². The van der Waals surface area contributed by atoms with Gasteiger partial charge in [-0.3, -0.25) is 0 Å². The lowest BCUT2D eigenvalue weighted by atomic mass is 10.0. The predicted octanol–water partition coefficient (Wildman–Crippen LogP) is 3.19. The van der Waals surface area contributed by atoms with Crippen molar-refractivity contribution in [2.75, 3.05) is 0 Å². The monoisotopic (exact) mass is 153 g/mol. The van der Waals surface area contributed by atoms with Gasteiger partial charge < -0.3 is 0 Å². The Hall–Kier alpha value is -0.210. The lowest BCUT2D eigenvalue weighted by Gasteiger charge is -2.09. The van der Waals surface area contributed by atoms with Crippen LogP contribution in [-0.4, -0.2) is 6.18 Å². The molecule has 0 aliphatic heterocycles. The van der Waals surface area contributed by atoms with Crippen LogP contribution < -0.4 is 0 Å². The van der Waals surface area contributed by atoms with Crippen LogP contribution in [-0.2, 0) is 0 Å². The Morgan fingerprint density at radius 2 is 1.90 bits per heavy atom. The van der Waals surface area contributed by atoms with Crippen LogP contribution in [0.2, 0.25) is 0 Å². The van der Waals surface area contributed by atoms with E-state index in [0.29, 0.717) is 0 Å². The third-order valence-corrected chi connectivity index (χ3v) is 1.45. The molecule has 0 N–H and O–H groups in total. The molecule has 0 saturated carbocycles. The van der Waals surface area contributed by atoms with Crippen LogP contribution in [0.25, 0.3) is 0 Å². The first-order valence-corrected chi connectivity index (χ1v) is 3.32. The summed E-state index contributed by atoms with van der Waals surface area (Å²) < 4.78 is 34.6. The standard InChI is InChI=1S/C7H12F3/c1-3-6(2)4-5-7(8,9)10/h3,6H,4-5H2,1-2H3. The summed E-state index contributed by atoms with van der Waals surface area (Å²) >= 11 is 0. The van der Waals surface area contributed by atoms with Crippen molar-refractivity contribution in [3.63, 3.8) is 0 Å². The Morgan fingerprint density at radius 3 is 2.20 bits per heavy atom. The molecule has 0 amide bonds. The summed E-state index contributed by atoms with van der Waals surface area (Å²) in [4.78, 5) is 0. The second kappa shape index (κ2) is 3.84. The van der Waals surface area contributed by atoms with Crippen LogP contribution >= 0.6 is 0 Å². The van der Waals surface area contributed by atoms with Crippen LogP contribution in [0.3, 0.4) is 0 Å². The lowest BCUT2D eigenvalue weighted by Crippen LogP contribution is -2.09. The average molecular weight is 153 g/mol. The molecular formula is C7H12F3. The summed E-state index contributed by atoms with van der Waals surface area (Å²) in [6.07, 6.45) is -2.67. The molecule has 0 aromatic rings. The van der Waals surface area contributed by atoms with E-state index in [1.807, 2.05) is 0 Å². The summed E-state index contributed by atoms with van der Waals surface area (Å²) in [6, 6.07) is 0. The van der Waals surface area contributed by atoms with Crippen LogP contribution in [0.4, 0.5) is 13.2 Å². The van der Waals surface area contributed by atoms with Gasteiger partial charge in [-0.25, -0.2) is 0 Å². The van der Waals surface area contributed by atoms with Crippen LogP contribution in [0, 0.1) is 12.3 Å². The predicted molar refractivity (Wildman–Crippen MR) is 34.4 cm³/mol. The van der Waals surface area contributed by atoms with Gasteiger partial charge >= 0.3 is 6.18 Å². The van der Waals surface area contributed by atoms with Gasteiger partial charge in [0.25, 0.3) is 0 Å². The minimum absolute atomic E-state index is 0.0709. The zero-order chi connectivity index (χ0) is 8.20. The van der Waals surface area contributed by atoms with E-state index in [1.165, 1.54) is 0 Å². The summed E-state index contributed by atoms with van der Waals surface area (Å²) in [6.45, 7) is 3.56. The second-order valence-corrected chi connectivity index (χ2v) is 2.46. The zero-order valence-electron chi connectivity index (χ0n) is 6.20. The summed E-state index contributed by atoms with van der Waals surface area (Å²) in [5.41, 5.74) is 0. The SMILES string of the molecule is C[CH]C(C)CCC(F)(F)F. The van der Waals surface area contributed by atoms with Crippen LogP contribution in [0.1, 0.15) is 26.7 Å². The number of halogens is 3. The molecule has 0 aromatic carbocycles. The van der Waals surface area contributed by atoms with E-state index in [-0.39, 0.29) is 12.3 Å². The third kappa shape index (κ3) is 5.92. The second-order valence-electron chi connectivity index (χ2n) is 2.46. The molecule has 0 spiro atoms. The number of alkyl halides is 3. The molecule has 3 heteroatoms. The highest BCUT2D eigenvalue weighted by atomic mass is 19.4. The van der Waals surface area contributed by atoms with E-state index < -0.39 is 12.6 Å². The molecular weight excluding hydrogens is 141 g/mol. The van der Waals surface area contributed by atoms with Crippen molar-refractivity contribution in [3.8, 4) is 0 Å². The highest BCUT2D eigenvalue weighted by Crippen LogP contribution is 2.24. The van der Waals surface area contributed by atoms with E-state index in [2.05, 4.69) is 0 Å². The molecule has 0 nitrogen and oxygen atoms in total. The zero-order valence-corrected chi connectivity index (χ0v) is 6.20. The molecule has 0 aliphatic rings. The fraction of sp³-hybridized carbons (Fsp3) is 0.857. The maximum Gasteiger partial charge on any atom is 0.389 e. The van der Waals surface area contributed by atoms with Gasteiger partial charge in [0.05, 0.1) is 0 Å². The number of hydrogen-bond acceptors (Lipinski definition) is 0. The van der Waals surface area contributed by atoms with Gasteiger partial charge in [0.15, 0.2) is 0 Å². The largest absolute Gasteiger partial charge is 0.389 e. The van der Waals surface area contributed by atoms with Gasteiger partial charge in [-0.2, -0.15) is 13.2 Å². The third-order valence-electron chi connectivity index (χ3n) is 1.45. The fourth-order valence-corrected chi connectivity index (χ4v) is 0.558. The highest BCUT2D eigenvalue weighted by molar-refractivity contribution is 4.67. The van der Waals surface area contributed by atoms with Gasteiger partial charge in [0, 0.05) is 6.42 Å². The maximum atomic E-state index is 11.5. The minimum atomic E-state index is -3.99. The van der Waals surface area contributed by atoms with Crippen molar-refractivity contribution in [3.05, 3.63) is 6.42 Å². The van der Waals surface area contributed by atoms with E-state index in [1.54, 1.807) is 20.3 Å². The van der Waals surface area contributed by atoms with Crippen LogP contribution in [0.5, 0.6) is 0 Å². The molecule has 0 aliphatic carbocycles. The molecule has 0 heterocycles. The topological polar surface area (TPSA) is 0 Å². The first-order chi connectivity index (χ1) is 4.45. The highest BCUT2D eigenvalue weighted by Gasteiger charge is 2.26. The average Bonchev–Trinajstić information content (AvgIpc) is 1.81. The molecule has 0 aromatic heterocycles. The Labute approximate surface area is 59.4 Å². The van der Waals surface area contributed by atoms with E-state index in [9.17, 15) is 13.2 Å². The van der Waals surface area contributed by atoms with E-state index in [0.717, 1.165) is 0 Å². The van der Waals surface area contributed by atoms with Crippen LogP contribution in [0.15, 0.2) is 0 Å². The summed E-state index contributed by atoms with van der Waals surface area (Å²) in [5, 5.41) is 0. The normalized spacial score (nSPS) is 15.3. The fourth-order valence-electron chi connectivity index (χ4n) is 0.558. The lowest BCUT2D eigenvalue weighted by molar-refractivity contribution is -0.136. The summed E-state index contributed by atoms with van der Waals surface area (Å²) in [5.74, 6) is 0.0709. The van der Waals surface area contributed by atoms with Crippen molar-refractivity contribution in [2.45, 2.75) is 32.9 Å². The van der Waals surface area contributed by atoms with E-state index in [4.69, 9.17) is 0 Å². The van der Waals surface area contributed by atoms with Crippen molar-refractivity contribution >= 4 is 0 Å². The Morgan fingerprint density at radius 1 is 1.40 bits per heavy atom. The van der Waals surface area contributed by atoms with Crippen molar-refractivity contribution in [1.29, 1.82) is 0 Å². The minimum Gasteiger partial charge on any atom is -0.171 e. The van der Waals surface area contributed by atoms with Gasteiger partial charge in [-0.1, -0.05) is 13.8 Å². The maximum absolute atomic E-state index is 11.5. The molecule has 0 bridgehead atoms. The van der Waals surface area contributed by atoms with Gasteiger partial charge in [-0.05, 0) is 18.8 Å². The number of rotatable bonds is 3. The smallest absolute Gasteiger partial charge is 0.171 e. The molecule has 61 valence electrons. The van der Waals surface area contributed by atoms with Gasteiger partial charge in [0.2, 0.25) is 0 Å². The molecule has 0 fully saturated rings. The molecule has 10 heavy (non-hydrogen) atoms. The molecule has 1 radical (unpaired) electrons. The van der Waals surface area contributed by atoms with E-state index >= 15 is 0 Å². The Bertz CT molecular complexity index is 85.3. The Balaban J connectivity index is 3.36. The first kappa shape index (κ1) is 9.79. The van der Waals surface area contributed by atoms with Gasteiger partial charge in [0.1, 0.15) is 0 Å². The van der Waals surface area contributed by atoms with Gasteiger partial charge in [-0.15, -0.1) is 0 Å². The quantitative estimate of drug-likeness (QED) is 0.584. The van der Waals surface area contributed by atoms with Crippen molar-refractivity contribution in [1.82, 2.24) is 0 Å². The molecule has 1 unspecified atom stereocenters. The van der Waals surface area contributed by atoms with Crippen molar-refractivity contribution < 1.29 is 13.2 Å². The molecule has 0 saturated heterocycles. The Kier molecular flexibility index (Phi) is 3.76. The first-order valence-electron chi connectivity index (χ1n) is 3.32. The molecule has 1 atom stereocenters. The molecule has 0 rings (SSSR count). The summed E-state index contributed by atoms with van der Waals surface area (Å²) in [7, 11) is 0. The number of hydrogen-bond donors (Lipinski definition) is 0.